The Morgan fingerprint density at radius 3 is 2.10 bits per heavy atom. The molecule has 0 aliphatic carbocycles. The van der Waals surface area contributed by atoms with E-state index in [-0.39, 0.29) is 0 Å². The van der Waals surface area contributed by atoms with Crippen molar-refractivity contribution in [2.24, 2.45) is 0 Å². The van der Waals surface area contributed by atoms with Crippen molar-refractivity contribution < 1.29 is 71.7 Å². The molecule has 0 spiro atoms. The average molecular weight is 519 g/mol. The molecule has 0 amide bonds. The Morgan fingerprint density at radius 1 is 0.935 bits per heavy atom. The van der Waals surface area contributed by atoms with Crippen molar-refractivity contribution >= 4 is 31.1 Å². The van der Waals surface area contributed by atoms with Crippen LogP contribution in [0.1, 0.15) is 6.42 Å². The Bertz CT molecular complexity index is 918. The van der Waals surface area contributed by atoms with Gasteiger partial charge in [-0.05, 0) is 0 Å². The maximum absolute atomic E-state index is 11.2. The molecule has 7 unspecified atom stereocenters. The molecule has 2 aliphatic rings. The molecule has 0 bridgehead atoms. The zero-order chi connectivity index (χ0) is 23.6. The van der Waals surface area contributed by atoms with Gasteiger partial charge in [0.05, 0.1) is 32.0 Å². The third kappa shape index (κ3) is 9.05. The van der Waals surface area contributed by atoms with E-state index in [4.69, 9.17) is 27.9 Å². The van der Waals surface area contributed by atoms with E-state index in [0.717, 1.165) is 0 Å². The zero-order valence-electron chi connectivity index (χ0n) is 15.3. The molecule has 2 saturated heterocycles. The van der Waals surface area contributed by atoms with Crippen LogP contribution in [0.2, 0.25) is 0 Å². The fraction of sp³-hybridized carbons (Fsp3) is 1.00. The summed E-state index contributed by atoms with van der Waals surface area (Å²) in [6, 6.07) is -1.67. The second-order valence-corrected chi connectivity index (χ2v) is 9.85. The monoisotopic (exact) mass is 519 g/mol. The largest absolute Gasteiger partial charge is 0.397 e. The Labute approximate surface area is 177 Å². The molecule has 20 heteroatoms. The molecule has 6 N–H and O–H groups in total. The van der Waals surface area contributed by atoms with E-state index in [0.29, 0.717) is 0 Å². The number of aliphatic hydroxyl groups excluding tert-OH is 2. The molecule has 0 saturated carbocycles. The number of nitrogens with one attached hydrogen (secondary N) is 1. The van der Waals surface area contributed by atoms with Crippen molar-refractivity contribution in [3.63, 3.8) is 0 Å². The Balaban J connectivity index is 2.17. The number of ether oxygens (including phenoxy) is 3. The zero-order valence-corrected chi connectivity index (χ0v) is 17.8. The van der Waals surface area contributed by atoms with E-state index in [1.54, 1.807) is 4.72 Å². The van der Waals surface area contributed by atoms with Crippen LogP contribution in [0.5, 0.6) is 0 Å². The molecule has 184 valence electrons. The Morgan fingerprint density at radius 2 is 1.55 bits per heavy atom. The molecule has 0 aromatic carbocycles. The van der Waals surface area contributed by atoms with Crippen molar-refractivity contribution in [1.82, 2.24) is 4.72 Å². The van der Waals surface area contributed by atoms with E-state index in [1.165, 1.54) is 0 Å². The summed E-state index contributed by atoms with van der Waals surface area (Å²) in [4.78, 5) is 0. The first-order chi connectivity index (χ1) is 14.0. The minimum Gasteiger partial charge on any atom is -0.391 e. The number of aliphatic hydroxyl groups is 2. The molecule has 0 aromatic rings. The topological polar surface area (TPSA) is 262 Å². The summed E-state index contributed by atoms with van der Waals surface area (Å²) in [7, 11) is -14.7. The van der Waals surface area contributed by atoms with Crippen molar-refractivity contribution in [3.05, 3.63) is 0 Å². The Kier molecular flexibility index (Phi) is 8.71. The molecule has 0 aromatic heterocycles. The van der Waals surface area contributed by atoms with Crippen LogP contribution in [0.4, 0.5) is 0 Å². The molecule has 31 heavy (non-hydrogen) atoms. The first kappa shape index (κ1) is 26.7. The minimum atomic E-state index is -4.98. The van der Waals surface area contributed by atoms with Gasteiger partial charge < -0.3 is 24.4 Å². The van der Waals surface area contributed by atoms with Gasteiger partial charge in [-0.1, -0.05) is 0 Å². The Hall–Kier alpha value is -0.590. The van der Waals surface area contributed by atoms with Crippen LogP contribution in [0, 0.1) is 0 Å². The summed E-state index contributed by atoms with van der Waals surface area (Å²) in [5.41, 5.74) is 0. The maximum Gasteiger partial charge on any atom is 0.397 e. The van der Waals surface area contributed by atoms with Gasteiger partial charge in [-0.15, -0.1) is 0 Å². The molecule has 0 radical (unpaired) electrons. The SMILES string of the molecule is O=S(=O)(O)NC1C(O)CC(COS(=O)(=O)O)OC1OC1COCC(OS(=O)(=O)O)C1O. The summed E-state index contributed by atoms with van der Waals surface area (Å²) in [5, 5.41) is 20.4. The highest BCUT2D eigenvalue weighted by atomic mass is 32.3. The van der Waals surface area contributed by atoms with Crippen LogP contribution >= 0.6 is 0 Å². The normalized spacial score (nSPS) is 35.7. The number of hydrogen-bond donors (Lipinski definition) is 6. The van der Waals surface area contributed by atoms with Gasteiger partial charge in [-0.25, -0.2) is 8.37 Å². The smallest absolute Gasteiger partial charge is 0.391 e. The lowest BCUT2D eigenvalue weighted by atomic mass is 10.0. The standard InChI is InChI=1S/C11H21NO16S3/c13-6-1-5(2-25-30(18,19)20)26-11(9(6)12-29(15,16)17)27-7-3-24-4-8(10(7)14)28-31(21,22)23/h5-14H,1-4H2,(H,15,16,17)(H,18,19,20)(H,21,22,23). The first-order valence-electron chi connectivity index (χ1n) is 8.31. The van der Waals surface area contributed by atoms with Gasteiger partial charge in [-0.3, -0.25) is 13.7 Å². The predicted molar refractivity (Wildman–Crippen MR) is 93.4 cm³/mol. The number of rotatable bonds is 9. The summed E-state index contributed by atoms with van der Waals surface area (Å²) in [5.74, 6) is 0. The van der Waals surface area contributed by atoms with Gasteiger partial charge in [0.1, 0.15) is 24.4 Å². The minimum absolute atomic E-state index is 0.396. The lowest BCUT2D eigenvalue weighted by Gasteiger charge is -2.42. The fourth-order valence-electron chi connectivity index (χ4n) is 2.89. The molecule has 17 nitrogen and oxygen atoms in total. The molecular weight excluding hydrogens is 498 g/mol. The number of hydrogen-bond acceptors (Lipinski definition) is 13. The second kappa shape index (κ2) is 10.1. The van der Waals surface area contributed by atoms with E-state index in [1.807, 2.05) is 0 Å². The van der Waals surface area contributed by atoms with Gasteiger partial charge in [0.2, 0.25) is 0 Å². The fourth-order valence-corrected chi connectivity index (χ4v) is 4.31. The maximum atomic E-state index is 11.2. The van der Waals surface area contributed by atoms with Crippen molar-refractivity contribution in [1.29, 1.82) is 0 Å². The third-order valence-electron chi connectivity index (χ3n) is 4.11. The van der Waals surface area contributed by atoms with Crippen LogP contribution in [0.15, 0.2) is 0 Å². The summed E-state index contributed by atoms with van der Waals surface area (Å²) in [6.45, 7) is -1.67. The highest BCUT2D eigenvalue weighted by Gasteiger charge is 2.45. The van der Waals surface area contributed by atoms with Crippen LogP contribution < -0.4 is 4.72 Å². The van der Waals surface area contributed by atoms with Gasteiger partial charge in [0, 0.05) is 6.42 Å². The highest BCUT2D eigenvalue weighted by molar-refractivity contribution is 7.83. The molecule has 7 atom stereocenters. The third-order valence-corrected chi connectivity index (χ3v) is 5.60. The van der Waals surface area contributed by atoms with Gasteiger partial charge in [0.15, 0.2) is 6.29 Å². The van der Waals surface area contributed by atoms with Crippen molar-refractivity contribution in [2.45, 2.75) is 49.3 Å². The first-order valence-corrected chi connectivity index (χ1v) is 12.5. The van der Waals surface area contributed by atoms with E-state index >= 15 is 0 Å². The summed E-state index contributed by atoms with van der Waals surface area (Å²) in [6.07, 6.45) is -9.96. The molecule has 2 aliphatic heterocycles. The molecule has 2 fully saturated rings. The van der Waals surface area contributed by atoms with E-state index in [9.17, 15) is 35.5 Å². The van der Waals surface area contributed by atoms with Crippen LogP contribution in [0.3, 0.4) is 0 Å². The van der Waals surface area contributed by atoms with Crippen LogP contribution in [0.25, 0.3) is 0 Å². The lowest BCUT2D eigenvalue weighted by molar-refractivity contribution is -0.279. The van der Waals surface area contributed by atoms with Gasteiger partial charge >= 0.3 is 31.1 Å². The molecule has 2 heterocycles. The van der Waals surface area contributed by atoms with Crippen LogP contribution in [-0.2, 0) is 53.7 Å². The predicted octanol–water partition coefficient (Wildman–Crippen LogP) is -3.99. The van der Waals surface area contributed by atoms with Crippen LogP contribution in [-0.4, -0.2) is 112 Å². The molecular formula is C11H21NO16S3. The van der Waals surface area contributed by atoms with Crippen molar-refractivity contribution in [2.75, 3.05) is 19.8 Å². The quantitative estimate of drug-likeness (QED) is 0.158. The average Bonchev–Trinajstić information content (AvgIpc) is 2.57. The lowest BCUT2D eigenvalue weighted by Crippen LogP contribution is -2.61. The summed E-state index contributed by atoms with van der Waals surface area (Å²) < 4.78 is 118. The van der Waals surface area contributed by atoms with E-state index in [2.05, 4.69) is 8.37 Å². The van der Waals surface area contributed by atoms with E-state index < -0.39 is 100 Å². The summed E-state index contributed by atoms with van der Waals surface area (Å²) >= 11 is 0. The molecule has 2 rings (SSSR count). The van der Waals surface area contributed by atoms with Gasteiger partial charge in [0.25, 0.3) is 0 Å². The van der Waals surface area contributed by atoms with Crippen molar-refractivity contribution in [3.8, 4) is 0 Å². The van der Waals surface area contributed by atoms with Gasteiger partial charge in [-0.2, -0.15) is 30.0 Å². The highest BCUT2D eigenvalue weighted by Crippen LogP contribution is 2.26. The second-order valence-electron chi connectivity index (χ2n) is 6.53.